The number of amidine groups is 1. The number of carbonyl (C=O) groups is 1. The van der Waals surface area contributed by atoms with Gasteiger partial charge in [0.1, 0.15) is 12.4 Å². The minimum absolute atomic E-state index is 0.0260. The van der Waals surface area contributed by atoms with Gasteiger partial charge in [0.2, 0.25) is 5.91 Å². The summed E-state index contributed by atoms with van der Waals surface area (Å²) in [7, 11) is 3.44. The number of benzene rings is 1. The van der Waals surface area contributed by atoms with Crippen molar-refractivity contribution < 1.29 is 14.7 Å². The Morgan fingerprint density at radius 2 is 2.05 bits per heavy atom. The Hall–Kier alpha value is -2.28. The van der Waals surface area contributed by atoms with Crippen molar-refractivity contribution in [2.24, 2.45) is 10.9 Å². The molecule has 0 aromatic heterocycles. The smallest absolute Gasteiger partial charge is 0.238 e. The second-order valence-corrected chi connectivity index (χ2v) is 4.77. The average Bonchev–Trinajstić information content (AvgIpc) is 2.50. The van der Waals surface area contributed by atoms with Gasteiger partial charge in [-0.1, -0.05) is 5.16 Å². The number of oxime groups is 1. The van der Waals surface area contributed by atoms with E-state index in [1.54, 1.807) is 43.3 Å². The van der Waals surface area contributed by atoms with Gasteiger partial charge in [-0.3, -0.25) is 4.79 Å². The molecular formula is C14H22N4O3. The summed E-state index contributed by atoms with van der Waals surface area (Å²) < 4.78 is 5.53. The van der Waals surface area contributed by atoms with E-state index in [2.05, 4.69) is 10.5 Å². The van der Waals surface area contributed by atoms with Crippen molar-refractivity contribution in [3.05, 3.63) is 29.8 Å². The van der Waals surface area contributed by atoms with Crippen LogP contribution in [0.15, 0.2) is 29.4 Å². The number of ether oxygens (including phenoxy) is 1. The largest absolute Gasteiger partial charge is 0.492 e. The van der Waals surface area contributed by atoms with Crippen molar-refractivity contribution in [3.8, 4) is 5.75 Å². The normalized spacial score (nSPS) is 12.8. The van der Waals surface area contributed by atoms with Crippen LogP contribution < -0.4 is 15.8 Å². The Balaban J connectivity index is 2.35. The Kier molecular flexibility index (Phi) is 6.48. The average molecular weight is 294 g/mol. The molecule has 0 bridgehead atoms. The van der Waals surface area contributed by atoms with Crippen LogP contribution in [0.2, 0.25) is 0 Å². The van der Waals surface area contributed by atoms with Gasteiger partial charge in [-0.05, 0) is 31.2 Å². The number of hydrogen-bond acceptors (Lipinski definition) is 5. The first-order valence-electron chi connectivity index (χ1n) is 6.61. The van der Waals surface area contributed by atoms with Crippen LogP contribution in [-0.4, -0.2) is 55.1 Å². The SMILES string of the molecule is CC(NCCOc1ccc(C(N)=NO)cc1)C(=O)N(C)C. The third-order valence-corrected chi connectivity index (χ3v) is 2.89. The lowest BCUT2D eigenvalue weighted by Gasteiger charge is -2.18. The summed E-state index contributed by atoms with van der Waals surface area (Å²) in [4.78, 5) is 13.2. The summed E-state index contributed by atoms with van der Waals surface area (Å²) in [5, 5.41) is 14.6. The van der Waals surface area contributed by atoms with E-state index < -0.39 is 0 Å². The summed E-state index contributed by atoms with van der Waals surface area (Å²) in [6, 6.07) is 6.64. The zero-order valence-corrected chi connectivity index (χ0v) is 12.5. The van der Waals surface area contributed by atoms with Gasteiger partial charge in [0, 0.05) is 26.2 Å². The minimum Gasteiger partial charge on any atom is -0.492 e. The minimum atomic E-state index is -0.244. The van der Waals surface area contributed by atoms with Gasteiger partial charge in [0.15, 0.2) is 5.84 Å². The fourth-order valence-corrected chi connectivity index (χ4v) is 1.70. The number of nitrogens with one attached hydrogen (secondary N) is 1. The lowest BCUT2D eigenvalue weighted by molar-refractivity contribution is -0.130. The van der Waals surface area contributed by atoms with E-state index in [1.807, 2.05) is 6.92 Å². The molecule has 4 N–H and O–H groups in total. The van der Waals surface area contributed by atoms with Crippen LogP contribution >= 0.6 is 0 Å². The number of nitrogens with two attached hydrogens (primary N) is 1. The maximum absolute atomic E-state index is 11.6. The Bertz CT molecular complexity index is 485. The lowest BCUT2D eigenvalue weighted by Crippen LogP contribution is -2.42. The standard InChI is InChI=1S/C14H22N4O3/c1-10(14(19)18(2)3)16-8-9-21-12-6-4-11(5-7-12)13(15)17-20/h4-7,10,16,20H,8-9H2,1-3H3,(H2,15,17). The predicted molar refractivity (Wildman–Crippen MR) is 80.6 cm³/mol. The van der Waals surface area contributed by atoms with Gasteiger partial charge in [-0.2, -0.15) is 0 Å². The van der Waals surface area contributed by atoms with E-state index in [-0.39, 0.29) is 17.8 Å². The Labute approximate surface area is 124 Å². The highest BCUT2D eigenvalue weighted by Crippen LogP contribution is 2.11. The summed E-state index contributed by atoms with van der Waals surface area (Å²) >= 11 is 0. The van der Waals surface area contributed by atoms with E-state index in [0.29, 0.717) is 24.5 Å². The molecule has 0 aliphatic heterocycles. The zero-order chi connectivity index (χ0) is 15.8. The topological polar surface area (TPSA) is 100 Å². The number of amides is 1. The van der Waals surface area contributed by atoms with Crippen molar-refractivity contribution in [2.75, 3.05) is 27.2 Å². The van der Waals surface area contributed by atoms with Gasteiger partial charge in [-0.25, -0.2) is 0 Å². The van der Waals surface area contributed by atoms with E-state index in [0.717, 1.165) is 0 Å². The fraction of sp³-hybridized carbons (Fsp3) is 0.429. The summed E-state index contributed by atoms with van der Waals surface area (Å²) in [6.45, 7) is 2.81. The van der Waals surface area contributed by atoms with Crippen LogP contribution in [0.3, 0.4) is 0 Å². The molecule has 7 heteroatoms. The predicted octanol–water partition coefficient (Wildman–Crippen LogP) is 0.226. The maximum Gasteiger partial charge on any atom is 0.238 e. The molecule has 0 spiro atoms. The molecule has 7 nitrogen and oxygen atoms in total. The summed E-state index contributed by atoms with van der Waals surface area (Å²) in [6.07, 6.45) is 0. The van der Waals surface area contributed by atoms with Crippen molar-refractivity contribution in [3.63, 3.8) is 0 Å². The summed E-state index contributed by atoms with van der Waals surface area (Å²) in [5.74, 6) is 0.759. The van der Waals surface area contributed by atoms with Crippen LogP contribution in [0.4, 0.5) is 0 Å². The fourth-order valence-electron chi connectivity index (χ4n) is 1.70. The molecule has 0 saturated carbocycles. The van der Waals surface area contributed by atoms with Crippen molar-refractivity contribution >= 4 is 11.7 Å². The Morgan fingerprint density at radius 3 is 2.57 bits per heavy atom. The molecule has 0 saturated heterocycles. The summed E-state index contributed by atoms with van der Waals surface area (Å²) in [5.41, 5.74) is 6.08. The number of carbonyl (C=O) groups excluding carboxylic acids is 1. The van der Waals surface area contributed by atoms with Crippen LogP contribution in [0, 0.1) is 0 Å². The number of hydrogen-bond donors (Lipinski definition) is 3. The molecule has 0 aliphatic rings. The van der Waals surface area contributed by atoms with Gasteiger partial charge < -0.3 is 25.9 Å². The monoisotopic (exact) mass is 294 g/mol. The molecule has 1 amide bonds. The molecule has 1 rings (SSSR count). The van der Waals surface area contributed by atoms with Crippen LogP contribution in [-0.2, 0) is 4.79 Å². The molecule has 1 aromatic rings. The van der Waals surface area contributed by atoms with Gasteiger partial charge in [0.05, 0.1) is 6.04 Å². The highest BCUT2D eigenvalue weighted by molar-refractivity contribution is 5.97. The molecule has 1 atom stereocenters. The van der Waals surface area contributed by atoms with E-state index in [9.17, 15) is 4.79 Å². The van der Waals surface area contributed by atoms with E-state index in [1.165, 1.54) is 0 Å². The van der Waals surface area contributed by atoms with Gasteiger partial charge in [0.25, 0.3) is 0 Å². The molecule has 1 unspecified atom stereocenters. The first-order chi connectivity index (χ1) is 9.95. The number of likely N-dealkylation sites (N-methyl/N-ethyl adjacent to an activating group) is 1. The quantitative estimate of drug-likeness (QED) is 0.220. The highest BCUT2D eigenvalue weighted by atomic mass is 16.5. The molecule has 21 heavy (non-hydrogen) atoms. The van der Waals surface area contributed by atoms with Gasteiger partial charge in [-0.15, -0.1) is 0 Å². The Morgan fingerprint density at radius 1 is 1.43 bits per heavy atom. The molecular weight excluding hydrogens is 272 g/mol. The van der Waals surface area contributed by atoms with Gasteiger partial charge >= 0.3 is 0 Å². The van der Waals surface area contributed by atoms with Crippen LogP contribution in [0.25, 0.3) is 0 Å². The molecule has 0 aliphatic carbocycles. The molecule has 0 radical (unpaired) electrons. The van der Waals surface area contributed by atoms with Crippen molar-refractivity contribution in [2.45, 2.75) is 13.0 Å². The lowest BCUT2D eigenvalue weighted by atomic mass is 10.2. The van der Waals surface area contributed by atoms with Crippen molar-refractivity contribution in [1.29, 1.82) is 0 Å². The number of nitrogens with zero attached hydrogens (tertiary/aromatic N) is 2. The third kappa shape index (κ3) is 5.31. The first kappa shape index (κ1) is 16.8. The zero-order valence-electron chi connectivity index (χ0n) is 12.5. The molecule has 1 aromatic carbocycles. The van der Waals surface area contributed by atoms with Crippen molar-refractivity contribution in [1.82, 2.24) is 10.2 Å². The second-order valence-electron chi connectivity index (χ2n) is 4.77. The first-order valence-corrected chi connectivity index (χ1v) is 6.61. The molecule has 0 heterocycles. The van der Waals surface area contributed by atoms with E-state index >= 15 is 0 Å². The molecule has 0 fully saturated rings. The van der Waals surface area contributed by atoms with E-state index in [4.69, 9.17) is 15.7 Å². The highest BCUT2D eigenvalue weighted by Gasteiger charge is 2.13. The molecule has 116 valence electrons. The maximum atomic E-state index is 11.6. The third-order valence-electron chi connectivity index (χ3n) is 2.89. The second kappa shape index (κ2) is 8.11. The number of rotatable bonds is 7. The van der Waals surface area contributed by atoms with Crippen LogP contribution in [0.1, 0.15) is 12.5 Å². The van der Waals surface area contributed by atoms with Crippen LogP contribution in [0.5, 0.6) is 5.75 Å².